The van der Waals surface area contributed by atoms with E-state index in [1.54, 1.807) is 19.4 Å². The molecule has 13 heavy (non-hydrogen) atoms. The van der Waals surface area contributed by atoms with Crippen LogP contribution in [0.1, 0.15) is 18.4 Å². The molecule has 0 atom stereocenters. The molecule has 0 aliphatic rings. The maximum atomic E-state index is 10.9. The van der Waals surface area contributed by atoms with Crippen LogP contribution in [0.3, 0.4) is 0 Å². The molecule has 1 aromatic heterocycles. The van der Waals surface area contributed by atoms with Crippen molar-refractivity contribution < 1.29 is 4.79 Å². The van der Waals surface area contributed by atoms with Crippen molar-refractivity contribution in [1.29, 1.82) is 0 Å². The number of rotatable bonds is 4. The number of carbonyl (C=O) groups is 1. The second-order valence-corrected chi connectivity index (χ2v) is 2.88. The summed E-state index contributed by atoms with van der Waals surface area (Å²) >= 11 is 0. The lowest BCUT2D eigenvalue weighted by Crippen LogP contribution is -2.17. The van der Waals surface area contributed by atoms with E-state index in [-0.39, 0.29) is 5.91 Å². The van der Waals surface area contributed by atoms with Gasteiger partial charge in [-0.2, -0.15) is 0 Å². The largest absolute Gasteiger partial charge is 0.359 e. The Morgan fingerprint density at radius 2 is 2.15 bits per heavy atom. The fourth-order valence-corrected chi connectivity index (χ4v) is 1.13. The Bertz CT molecular complexity index is 259. The van der Waals surface area contributed by atoms with Gasteiger partial charge in [0, 0.05) is 25.9 Å². The van der Waals surface area contributed by atoms with Gasteiger partial charge in [0.2, 0.25) is 5.91 Å². The minimum Gasteiger partial charge on any atom is -0.359 e. The second kappa shape index (κ2) is 5.30. The highest BCUT2D eigenvalue weighted by Crippen LogP contribution is 2.02. The van der Waals surface area contributed by atoms with E-state index in [1.807, 2.05) is 12.1 Å². The van der Waals surface area contributed by atoms with E-state index in [1.165, 1.54) is 5.56 Å². The highest BCUT2D eigenvalue weighted by Gasteiger charge is 1.97. The Hall–Kier alpha value is -1.38. The van der Waals surface area contributed by atoms with E-state index in [9.17, 15) is 4.79 Å². The fourth-order valence-electron chi connectivity index (χ4n) is 1.13. The van der Waals surface area contributed by atoms with E-state index < -0.39 is 0 Å². The summed E-state index contributed by atoms with van der Waals surface area (Å²) in [6.45, 7) is 0. The topological polar surface area (TPSA) is 42.0 Å². The number of aryl methyl sites for hydroxylation is 1. The van der Waals surface area contributed by atoms with Crippen molar-refractivity contribution in [1.82, 2.24) is 10.3 Å². The van der Waals surface area contributed by atoms with E-state index in [0.717, 1.165) is 12.8 Å². The molecule has 0 saturated carbocycles. The Morgan fingerprint density at radius 3 is 2.77 bits per heavy atom. The first-order valence-corrected chi connectivity index (χ1v) is 4.42. The number of hydrogen-bond acceptors (Lipinski definition) is 2. The van der Waals surface area contributed by atoms with Crippen LogP contribution in [-0.4, -0.2) is 17.9 Å². The summed E-state index contributed by atoms with van der Waals surface area (Å²) in [5.74, 6) is 0.106. The third-order valence-corrected chi connectivity index (χ3v) is 1.90. The lowest BCUT2D eigenvalue weighted by atomic mass is 10.1. The highest BCUT2D eigenvalue weighted by molar-refractivity contribution is 5.75. The Morgan fingerprint density at radius 1 is 1.46 bits per heavy atom. The van der Waals surface area contributed by atoms with Crippen molar-refractivity contribution in [3.8, 4) is 0 Å². The molecule has 0 unspecified atom stereocenters. The van der Waals surface area contributed by atoms with Gasteiger partial charge in [0.05, 0.1) is 0 Å². The average Bonchev–Trinajstić information content (AvgIpc) is 2.19. The lowest BCUT2D eigenvalue weighted by molar-refractivity contribution is -0.120. The molecule has 1 aromatic rings. The third-order valence-electron chi connectivity index (χ3n) is 1.90. The summed E-state index contributed by atoms with van der Waals surface area (Å²) in [4.78, 5) is 14.8. The van der Waals surface area contributed by atoms with Gasteiger partial charge < -0.3 is 5.32 Å². The van der Waals surface area contributed by atoms with E-state index in [2.05, 4.69) is 10.3 Å². The van der Waals surface area contributed by atoms with Gasteiger partial charge in [-0.25, -0.2) is 0 Å². The molecule has 0 fully saturated rings. The zero-order valence-corrected chi connectivity index (χ0v) is 7.79. The molecule has 1 rings (SSSR count). The SMILES string of the molecule is CNC(=O)CCCc1ccncc1. The average molecular weight is 178 g/mol. The van der Waals surface area contributed by atoms with Gasteiger partial charge in [0.1, 0.15) is 0 Å². The number of pyridine rings is 1. The summed E-state index contributed by atoms with van der Waals surface area (Å²) in [5.41, 5.74) is 1.24. The van der Waals surface area contributed by atoms with Crippen LogP contribution in [0.15, 0.2) is 24.5 Å². The van der Waals surface area contributed by atoms with Crippen LogP contribution in [0.25, 0.3) is 0 Å². The quantitative estimate of drug-likeness (QED) is 0.751. The van der Waals surface area contributed by atoms with E-state index >= 15 is 0 Å². The monoisotopic (exact) mass is 178 g/mol. The van der Waals surface area contributed by atoms with Gasteiger partial charge in [0.15, 0.2) is 0 Å². The summed E-state index contributed by atoms with van der Waals surface area (Å²) in [5, 5.41) is 2.60. The van der Waals surface area contributed by atoms with Gasteiger partial charge in [-0.3, -0.25) is 9.78 Å². The zero-order chi connectivity index (χ0) is 9.52. The lowest BCUT2D eigenvalue weighted by Gasteiger charge is -1.99. The van der Waals surface area contributed by atoms with Crippen LogP contribution in [-0.2, 0) is 11.2 Å². The first kappa shape index (κ1) is 9.71. The van der Waals surface area contributed by atoms with E-state index in [0.29, 0.717) is 6.42 Å². The molecule has 1 heterocycles. The molecule has 0 saturated heterocycles. The molecular weight excluding hydrogens is 164 g/mol. The molecule has 0 radical (unpaired) electrons. The van der Waals surface area contributed by atoms with Crippen molar-refractivity contribution in [3.63, 3.8) is 0 Å². The van der Waals surface area contributed by atoms with Crippen LogP contribution in [0.2, 0.25) is 0 Å². The normalized spacial score (nSPS) is 9.62. The van der Waals surface area contributed by atoms with Crippen molar-refractivity contribution in [3.05, 3.63) is 30.1 Å². The van der Waals surface area contributed by atoms with Gasteiger partial charge in [-0.1, -0.05) is 0 Å². The molecular formula is C10H14N2O. The molecule has 3 heteroatoms. The minimum absolute atomic E-state index is 0.106. The Kier molecular flexibility index (Phi) is 3.96. The smallest absolute Gasteiger partial charge is 0.219 e. The molecule has 1 amide bonds. The molecule has 3 nitrogen and oxygen atoms in total. The van der Waals surface area contributed by atoms with Crippen molar-refractivity contribution in [2.45, 2.75) is 19.3 Å². The molecule has 70 valence electrons. The molecule has 1 N–H and O–H groups in total. The van der Waals surface area contributed by atoms with Gasteiger partial charge in [0.25, 0.3) is 0 Å². The van der Waals surface area contributed by atoms with Crippen LogP contribution in [0.4, 0.5) is 0 Å². The van der Waals surface area contributed by atoms with Crippen LogP contribution in [0, 0.1) is 0 Å². The first-order chi connectivity index (χ1) is 6.33. The van der Waals surface area contributed by atoms with Crippen molar-refractivity contribution in [2.24, 2.45) is 0 Å². The van der Waals surface area contributed by atoms with Gasteiger partial charge >= 0.3 is 0 Å². The fraction of sp³-hybridized carbons (Fsp3) is 0.400. The number of aromatic nitrogens is 1. The third kappa shape index (κ3) is 3.69. The summed E-state index contributed by atoms with van der Waals surface area (Å²) in [6.07, 6.45) is 5.98. The number of nitrogens with one attached hydrogen (secondary N) is 1. The molecule has 0 aliphatic carbocycles. The zero-order valence-electron chi connectivity index (χ0n) is 7.79. The standard InChI is InChI=1S/C10H14N2O/c1-11-10(13)4-2-3-9-5-7-12-8-6-9/h5-8H,2-4H2,1H3,(H,11,13). The summed E-state index contributed by atoms with van der Waals surface area (Å²) < 4.78 is 0. The Labute approximate surface area is 78.2 Å². The van der Waals surface area contributed by atoms with Crippen LogP contribution in [0.5, 0.6) is 0 Å². The van der Waals surface area contributed by atoms with Crippen molar-refractivity contribution in [2.75, 3.05) is 7.05 Å². The van der Waals surface area contributed by atoms with Crippen LogP contribution < -0.4 is 5.32 Å². The van der Waals surface area contributed by atoms with E-state index in [4.69, 9.17) is 0 Å². The van der Waals surface area contributed by atoms with Crippen LogP contribution >= 0.6 is 0 Å². The number of carbonyl (C=O) groups excluding carboxylic acids is 1. The second-order valence-electron chi connectivity index (χ2n) is 2.88. The predicted octanol–water partition coefficient (Wildman–Crippen LogP) is 1.15. The Balaban J connectivity index is 2.24. The van der Waals surface area contributed by atoms with Gasteiger partial charge in [-0.15, -0.1) is 0 Å². The van der Waals surface area contributed by atoms with Gasteiger partial charge in [-0.05, 0) is 30.5 Å². The maximum absolute atomic E-state index is 10.9. The molecule has 0 aromatic carbocycles. The minimum atomic E-state index is 0.106. The number of hydrogen-bond donors (Lipinski definition) is 1. The van der Waals surface area contributed by atoms with Crippen molar-refractivity contribution >= 4 is 5.91 Å². The molecule has 0 bridgehead atoms. The highest BCUT2D eigenvalue weighted by atomic mass is 16.1. The number of nitrogens with zero attached hydrogens (tertiary/aromatic N) is 1. The first-order valence-electron chi connectivity index (χ1n) is 4.42. The summed E-state index contributed by atoms with van der Waals surface area (Å²) in [7, 11) is 1.66. The predicted molar refractivity (Wildman–Crippen MR) is 51.2 cm³/mol. The summed E-state index contributed by atoms with van der Waals surface area (Å²) in [6, 6.07) is 3.95. The number of amides is 1. The molecule has 0 spiro atoms. The maximum Gasteiger partial charge on any atom is 0.219 e. The molecule has 0 aliphatic heterocycles.